The number of aryl methyl sites for hydroxylation is 1. The SMILES string of the molecule is CC(C)(C)OC(=O)CCCOCCOC(=O)CCc1ccc2c(c1)c1cccnc1n2C1CCC(=O)NC1=O. The second kappa shape index (κ2) is 12.4. The van der Waals surface area contributed by atoms with Crippen molar-refractivity contribution in [1.29, 1.82) is 0 Å². The molecule has 0 aliphatic carbocycles. The summed E-state index contributed by atoms with van der Waals surface area (Å²) in [5.74, 6) is -1.16. The fourth-order valence-corrected chi connectivity index (χ4v) is 4.67. The molecule has 3 aromatic rings. The number of imide groups is 1. The lowest BCUT2D eigenvalue weighted by molar-refractivity contribution is -0.155. The molecule has 3 heterocycles. The van der Waals surface area contributed by atoms with E-state index in [9.17, 15) is 19.2 Å². The van der Waals surface area contributed by atoms with Crippen molar-refractivity contribution in [3.05, 3.63) is 42.1 Å². The van der Waals surface area contributed by atoms with Gasteiger partial charge in [0.05, 0.1) is 12.1 Å². The van der Waals surface area contributed by atoms with Crippen LogP contribution in [0, 0.1) is 0 Å². The van der Waals surface area contributed by atoms with E-state index in [4.69, 9.17) is 14.2 Å². The van der Waals surface area contributed by atoms with Gasteiger partial charge in [-0.25, -0.2) is 4.98 Å². The number of nitrogens with zero attached hydrogens (tertiary/aromatic N) is 2. The summed E-state index contributed by atoms with van der Waals surface area (Å²) in [5, 5.41) is 4.27. The number of rotatable bonds is 11. The summed E-state index contributed by atoms with van der Waals surface area (Å²) in [4.78, 5) is 52.7. The molecule has 0 saturated carbocycles. The molecule has 1 saturated heterocycles. The summed E-state index contributed by atoms with van der Waals surface area (Å²) >= 11 is 0. The maximum atomic E-state index is 12.6. The van der Waals surface area contributed by atoms with Crippen LogP contribution in [0.1, 0.15) is 64.5 Å². The molecule has 2 amide bonds. The van der Waals surface area contributed by atoms with Gasteiger partial charge in [0.25, 0.3) is 0 Å². The lowest BCUT2D eigenvalue weighted by Crippen LogP contribution is -2.41. The minimum absolute atomic E-state index is 0.148. The van der Waals surface area contributed by atoms with Crippen LogP contribution in [0.2, 0.25) is 0 Å². The summed E-state index contributed by atoms with van der Waals surface area (Å²) in [7, 11) is 0. The summed E-state index contributed by atoms with van der Waals surface area (Å²) in [6, 6.07) is 9.18. The van der Waals surface area contributed by atoms with E-state index < -0.39 is 11.6 Å². The van der Waals surface area contributed by atoms with Gasteiger partial charge in [0.2, 0.25) is 11.8 Å². The third-order valence-electron chi connectivity index (χ3n) is 6.35. The van der Waals surface area contributed by atoms with Crippen LogP contribution in [0.4, 0.5) is 0 Å². The topological polar surface area (TPSA) is 126 Å². The summed E-state index contributed by atoms with van der Waals surface area (Å²) < 4.78 is 17.9. The molecule has 39 heavy (non-hydrogen) atoms. The smallest absolute Gasteiger partial charge is 0.306 e. The van der Waals surface area contributed by atoms with Gasteiger partial charge in [0.15, 0.2) is 0 Å². The number of hydrogen-bond donors (Lipinski definition) is 1. The average molecular weight is 538 g/mol. The van der Waals surface area contributed by atoms with Crippen LogP contribution in [0.25, 0.3) is 21.9 Å². The molecule has 10 heteroatoms. The number of benzene rings is 1. The van der Waals surface area contributed by atoms with Crippen molar-refractivity contribution >= 4 is 45.7 Å². The Morgan fingerprint density at radius 1 is 1.05 bits per heavy atom. The Morgan fingerprint density at radius 2 is 1.87 bits per heavy atom. The molecular weight excluding hydrogens is 502 g/mol. The van der Waals surface area contributed by atoms with E-state index in [0.717, 1.165) is 21.9 Å². The highest BCUT2D eigenvalue weighted by molar-refractivity contribution is 6.09. The number of hydrogen-bond acceptors (Lipinski definition) is 8. The highest BCUT2D eigenvalue weighted by Crippen LogP contribution is 2.34. The van der Waals surface area contributed by atoms with Gasteiger partial charge in [-0.3, -0.25) is 24.5 Å². The molecule has 0 radical (unpaired) electrons. The van der Waals surface area contributed by atoms with Crippen molar-refractivity contribution in [3.63, 3.8) is 0 Å². The normalized spacial score (nSPS) is 15.9. The molecule has 4 rings (SSSR count). The van der Waals surface area contributed by atoms with E-state index >= 15 is 0 Å². The fourth-order valence-electron chi connectivity index (χ4n) is 4.67. The molecule has 0 bridgehead atoms. The van der Waals surface area contributed by atoms with Crippen LogP contribution in [0.3, 0.4) is 0 Å². The number of piperidine rings is 1. The Morgan fingerprint density at radius 3 is 2.64 bits per heavy atom. The second-order valence-electron chi connectivity index (χ2n) is 10.6. The number of esters is 2. The average Bonchev–Trinajstić information content (AvgIpc) is 3.19. The van der Waals surface area contributed by atoms with Gasteiger partial charge in [-0.2, -0.15) is 0 Å². The predicted molar refractivity (Wildman–Crippen MR) is 144 cm³/mol. The Balaban J connectivity index is 1.28. The molecule has 1 aromatic carbocycles. The first-order chi connectivity index (χ1) is 18.6. The van der Waals surface area contributed by atoms with Gasteiger partial charge in [-0.1, -0.05) is 6.07 Å². The quantitative estimate of drug-likeness (QED) is 0.223. The van der Waals surface area contributed by atoms with E-state index in [-0.39, 0.29) is 56.2 Å². The number of carbonyl (C=O) groups is 4. The fraction of sp³-hybridized carbons (Fsp3) is 0.483. The highest BCUT2D eigenvalue weighted by Gasteiger charge is 2.30. The van der Waals surface area contributed by atoms with Crippen LogP contribution < -0.4 is 5.32 Å². The minimum atomic E-state index is -0.516. The predicted octanol–water partition coefficient (Wildman–Crippen LogP) is 3.78. The van der Waals surface area contributed by atoms with E-state index in [1.165, 1.54) is 0 Å². The molecule has 0 spiro atoms. The summed E-state index contributed by atoms with van der Waals surface area (Å²) in [6.07, 6.45) is 3.92. The second-order valence-corrected chi connectivity index (χ2v) is 10.6. The molecule has 1 aliphatic rings. The minimum Gasteiger partial charge on any atom is -0.463 e. The van der Waals surface area contributed by atoms with Crippen molar-refractivity contribution in [2.75, 3.05) is 19.8 Å². The molecular formula is C29H35N3O7. The Labute approximate surface area is 227 Å². The van der Waals surface area contributed by atoms with Crippen molar-refractivity contribution in [3.8, 4) is 0 Å². The van der Waals surface area contributed by atoms with Crippen LogP contribution in [0.15, 0.2) is 36.5 Å². The summed E-state index contributed by atoms with van der Waals surface area (Å²) in [5.41, 5.74) is 2.01. The number of nitrogens with one attached hydrogen (secondary N) is 1. The zero-order chi connectivity index (χ0) is 28.0. The molecule has 1 atom stereocenters. The lowest BCUT2D eigenvalue weighted by atomic mass is 10.0. The molecule has 208 valence electrons. The van der Waals surface area contributed by atoms with Crippen LogP contribution >= 0.6 is 0 Å². The molecule has 1 aliphatic heterocycles. The lowest BCUT2D eigenvalue weighted by Gasteiger charge is -2.23. The zero-order valence-electron chi connectivity index (χ0n) is 22.7. The van der Waals surface area contributed by atoms with E-state index in [0.29, 0.717) is 31.5 Å². The standard InChI is InChI=1S/C29H35N3O7/c1-29(2,3)39-26(35)7-5-15-37-16-17-38-25(34)13-9-19-8-10-22-21(18-19)20-6-4-14-30-27(20)32(22)23-11-12-24(33)31-28(23)36/h4,6,8,10,14,18,23H,5,7,9,11-13,15-17H2,1-3H3,(H,31,33,36). The molecule has 10 nitrogen and oxygen atoms in total. The zero-order valence-corrected chi connectivity index (χ0v) is 22.7. The number of aromatic nitrogens is 2. The Kier molecular flexibility index (Phi) is 8.96. The number of ether oxygens (including phenoxy) is 3. The maximum Gasteiger partial charge on any atom is 0.306 e. The van der Waals surface area contributed by atoms with Gasteiger partial charge >= 0.3 is 11.9 Å². The first kappa shape index (κ1) is 28.2. The molecule has 2 aromatic heterocycles. The Bertz CT molecular complexity index is 1370. The number of pyridine rings is 1. The van der Waals surface area contributed by atoms with Crippen molar-refractivity contribution in [2.45, 2.75) is 70.9 Å². The monoisotopic (exact) mass is 537 g/mol. The van der Waals surface area contributed by atoms with Gasteiger partial charge in [0.1, 0.15) is 23.9 Å². The van der Waals surface area contributed by atoms with E-state index in [2.05, 4.69) is 10.3 Å². The van der Waals surface area contributed by atoms with Crippen molar-refractivity contribution in [1.82, 2.24) is 14.9 Å². The molecule has 1 fully saturated rings. The third kappa shape index (κ3) is 7.41. The number of fused-ring (bicyclic) bond motifs is 3. The Hall–Kier alpha value is -3.79. The van der Waals surface area contributed by atoms with Crippen molar-refractivity contribution in [2.24, 2.45) is 0 Å². The van der Waals surface area contributed by atoms with E-state index in [1.54, 1.807) is 6.20 Å². The number of amides is 2. The maximum absolute atomic E-state index is 12.6. The highest BCUT2D eigenvalue weighted by atomic mass is 16.6. The first-order valence-corrected chi connectivity index (χ1v) is 13.3. The third-order valence-corrected chi connectivity index (χ3v) is 6.35. The van der Waals surface area contributed by atoms with Gasteiger partial charge < -0.3 is 18.8 Å². The van der Waals surface area contributed by atoms with E-state index in [1.807, 2.05) is 55.7 Å². The summed E-state index contributed by atoms with van der Waals surface area (Å²) in [6.45, 7) is 6.28. The first-order valence-electron chi connectivity index (χ1n) is 13.3. The van der Waals surface area contributed by atoms with Gasteiger partial charge in [0, 0.05) is 42.8 Å². The van der Waals surface area contributed by atoms with Crippen LogP contribution in [-0.2, 0) is 39.8 Å². The molecule has 1 unspecified atom stereocenters. The van der Waals surface area contributed by atoms with Crippen LogP contribution in [0.5, 0.6) is 0 Å². The molecule has 1 N–H and O–H groups in total. The van der Waals surface area contributed by atoms with Crippen molar-refractivity contribution < 1.29 is 33.4 Å². The van der Waals surface area contributed by atoms with Gasteiger partial charge in [-0.15, -0.1) is 0 Å². The largest absolute Gasteiger partial charge is 0.463 e. The van der Waals surface area contributed by atoms with Gasteiger partial charge in [-0.05, 0) is 69.9 Å². The van der Waals surface area contributed by atoms with Crippen LogP contribution in [-0.4, -0.2) is 58.7 Å². The number of carbonyl (C=O) groups excluding carboxylic acids is 4.